The number of aromatic carboxylic acids is 1. The Bertz CT molecular complexity index is 742. The number of rotatable bonds is 3. The lowest BCUT2D eigenvalue weighted by Gasteiger charge is -2.28. The lowest BCUT2D eigenvalue weighted by Crippen LogP contribution is -2.36. The molecule has 1 N–H and O–H groups in total. The standard InChI is InChI=1S/C16H15NO5/c1-16(2)8-11-13(15(20)21-16)12(22-17-11)7-9-3-5-10(6-4-9)14(18)19/h3-6H,7-8H2,1-2H3,(H,18,19). The van der Waals surface area contributed by atoms with Gasteiger partial charge in [0.2, 0.25) is 0 Å². The van der Waals surface area contributed by atoms with Crippen LogP contribution >= 0.6 is 0 Å². The third-order valence-corrected chi connectivity index (χ3v) is 3.57. The van der Waals surface area contributed by atoms with Crippen LogP contribution in [0.1, 0.15) is 51.6 Å². The van der Waals surface area contributed by atoms with E-state index in [1.165, 1.54) is 12.1 Å². The molecule has 2 aromatic rings. The number of hydrogen-bond acceptors (Lipinski definition) is 5. The molecule has 0 spiro atoms. The number of ether oxygens (including phenoxy) is 1. The van der Waals surface area contributed by atoms with Gasteiger partial charge >= 0.3 is 11.9 Å². The van der Waals surface area contributed by atoms with Crippen molar-refractivity contribution in [2.24, 2.45) is 0 Å². The first-order valence-electron chi connectivity index (χ1n) is 6.89. The second kappa shape index (κ2) is 4.98. The third-order valence-electron chi connectivity index (χ3n) is 3.57. The maximum absolute atomic E-state index is 12.1. The number of carbonyl (C=O) groups is 2. The summed E-state index contributed by atoms with van der Waals surface area (Å²) in [5, 5.41) is 12.9. The first-order valence-corrected chi connectivity index (χ1v) is 6.89. The summed E-state index contributed by atoms with van der Waals surface area (Å²) in [5.41, 5.74) is 1.47. The highest BCUT2D eigenvalue weighted by Gasteiger charge is 2.37. The molecule has 0 atom stereocenters. The van der Waals surface area contributed by atoms with Gasteiger partial charge in [0, 0.05) is 12.8 Å². The predicted octanol–water partition coefficient (Wildman–Crippen LogP) is 2.46. The van der Waals surface area contributed by atoms with Gasteiger partial charge in [0.15, 0.2) is 5.76 Å². The Balaban J connectivity index is 1.87. The highest BCUT2D eigenvalue weighted by Crippen LogP contribution is 2.30. The highest BCUT2D eigenvalue weighted by molar-refractivity contribution is 5.93. The molecule has 1 aromatic carbocycles. The number of aromatic nitrogens is 1. The topological polar surface area (TPSA) is 89.6 Å². The van der Waals surface area contributed by atoms with Crippen LogP contribution < -0.4 is 0 Å². The van der Waals surface area contributed by atoms with E-state index < -0.39 is 17.5 Å². The first-order chi connectivity index (χ1) is 10.4. The zero-order valence-electron chi connectivity index (χ0n) is 12.3. The smallest absolute Gasteiger partial charge is 0.344 e. The largest absolute Gasteiger partial charge is 0.478 e. The van der Waals surface area contributed by atoms with Gasteiger partial charge in [-0.05, 0) is 31.5 Å². The summed E-state index contributed by atoms with van der Waals surface area (Å²) < 4.78 is 10.7. The van der Waals surface area contributed by atoms with Gasteiger partial charge in [0.05, 0.1) is 5.56 Å². The molecule has 1 aliphatic heterocycles. The van der Waals surface area contributed by atoms with Crippen LogP contribution in [0, 0.1) is 0 Å². The number of carboxylic acids is 1. The van der Waals surface area contributed by atoms with E-state index in [4.69, 9.17) is 14.4 Å². The molecule has 6 nitrogen and oxygen atoms in total. The van der Waals surface area contributed by atoms with Crippen molar-refractivity contribution in [1.82, 2.24) is 5.16 Å². The van der Waals surface area contributed by atoms with Crippen molar-refractivity contribution in [3.8, 4) is 0 Å². The van der Waals surface area contributed by atoms with E-state index in [1.807, 2.05) is 13.8 Å². The van der Waals surface area contributed by atoms with Crippen LogP contribution in [0.2, 0.25) is 0 Å². The molecule has 0 unspecified atom stereocenters. The fourth-order valence-corrected chi connectivity index (χ4v) is 2.53. The Labute approximate surface area is 126 Å². The van der Waals surface area contributed by atoms with Crippen molar-refractivity contribution in [3.05, 3.63) is 52.4 Å². The molecule has 0 aliphatic carbocycles. The molecule has 1 aliphatic rings. The van der Waals surface area contributed by atoms with Crippen LogP contribution in [0.15, 0.2) is 28.8 Å². The third kappa shape index (κ3) is 2.59. The summed E-state index contributed by atoms with van der Waals surface area (Å²) in [6.07, 6.45) is 0.868. The molecule has 0 bridgehead atoms. The van der Waals surface area contributed by atoms with E-state index in [9.17, 15) is 9.59 Å². The summed E-state index contributed by atoms with van der Waals surface area (Å²) in [6, 6.07) is 6.41. The predicted molar refractivity (Wildman–Crippen MR) is 75.9 cm³/mol. The van der Waals surface area contributed by atoms with Gasteiger partial charge in [0.25, 0.3) is 0 Å². The van der Waals surface area contributed by atoms with E-state index in [0.29, 0.717) is 29.9 Å². The average Bonchev–Trinajstić information content (AvgIpc) is 2.80. The molecule has 1 aromatic heterocycles. The van der Waals surface area contributed by atoms with Crippen molar-refractivity contribution in [1.29, 1.82) is 0 Å². The highest BCUT2D eigenvalue weighted by atomic mass is 16.6. The molecular formula is C16H15NO5. The quantitative estimate of drug-likeness (QED) is 0.876. The van der Waals surface area contributed by atoms with Crippen LogP contribution in [-0.4, -0.2) is 27.8 Å². The molecule has 6 heteroatoms. The maximum atomic E-state index is 12.1. The van der Waals surface area contributed by atoms with Gasteiger partial charge in [-0.25, -0.2) is 9.59 Å². The second-order valence-corrected chi connectivity index (χ2v) is 5.93. The number of nitrogens with zero attached hydrogens (tertiary/aromatic N) is 1. The molecule has 3 rings (SSSR count). The summed E-state index contributed by atoms with van der Waals surface area (Å²) in [4.78, 5) is 23.0. The van der Waals surface area contributed by atoms with Crippen molar-refractivity contribution in [2.75, 3.05) is 0 Å². The van der Waals surface area contributed by atoms with E-state index in [1.54, 1.807) is 12.1 Å². The molecule has 0 saturated heterocycles. The normalized spacial score (nSPS) is 16.0. The Morgan fingerprint density at radius 2 is 2.00 bits per heavy atom. The van der Waals surface area contributed by atoms with Crippen LogP contribution in [0.5, 0.6) is 0 Å². The summed E-state index contributed by atoms with van der Waals surface area (Å²) in [6.45, 7) is 3.65. The number of esters is 1. The Kier molecular flexibility index (Phi) is 3.24. The monoisotopic (exact) mass is 301 g/mol. The van der Waals surface area contributed by atoms with E-state index in [2.05, 4.69) is 5.16 Å². The van der Waals surface area contributed by atoms with Gasteiger partial charge in [0.1, 0.15) is 16.9 Å². The number of fused-ring (bicyclic) bond motifs is 1. The van der Waals surface area contributed by atoms with Crippen LogP contribution in [0.4, 0.5) is 0 Å². The van der Waals surface area contributed by atoms with E-state index in [-0.39, 0.29) is 5.56 Å². The lowest BCUT2D eigenvalue weighted by atomic mass is 9.94. The number of cyclic esters (lactones) is 1. The Morgan fingerprint density at radius 1 is 1.32 bits per heavy atom. The van der Waals surface area contributed by atoms with Crippen LogP contribution in [0.25, 0.3) is 0 Å². The van der Waals surface area contributed by atoms with Crippen molar-refractivity contribution >= 4 is 11.9 Å². The van der Waals surface area contributed by atoms with Crippen LogP contribution in [0.3, 0.4) is 0 Å². The molecule has 2 heterocycles. The number of hydrogen-bond donors (Lipinski definition) is 1. The maximum Gasteiger partial charge on any atom is 0.344 e. The minimum atomic E-state index is -0.977. The number of benzene rings is 1. The number of carboxylic acid groups (broad SMARTS) is 1. The molecule has 0 saturated carbocycles. The summed E-state index contributed by atoms with van der Waals surface area (Å²) in [5.74, 6) is -0.961. The SMILES string of the molecule is CC1(C)Cc2noc(Cc3ccc(C(=O)O)cc3)c2C(=O)O1. The molecule has 0 radical (unpaired) electrons. The molecule has 0 amide bonds. The minimum absolute atomic E-state index is 0.213. The van der Waals surface area contributed by atoms with Crippen molar-refractivity contribution in [2.45, 2.75) is 32.3 Å². The summed E-state index contributed by atoms with van der Waals surface area (Å²) in [7, 11) is 0. The van der Waals surface area contributed by atoms with Crippen molar-refractivity contribution < 1.29 is 24.0 Å². The van der Waals surface area contributed by atoms with Crippen molar-refractivity contribution in [3.63, 3.8) is 0 Å². The molecule has 0 fully saturated rings. The lowest BCUT2D eigenvalue weighted by molar-refractivity contribution is -0.00701. The fourth-order valence-electron chi connectivity index (χ4n) is 2.53. The van der Waals surface area contributed by atoms with Gasteiger partial charge in [-0.2, -0.15) is 0 Å². The van der Waals surface area contributed by atoms with Gasteiger partial charge in [-0.3, -0.25) is 0 Å². The zero-order valence-corrected chi connectivity index (χ0v) is 12.3. The van der Waals surface area contributed by atoms with Gasteiger partial charge < -0.3 is 14.4 Å². The van der Waals surface area contributed by atoms with E-state index >= 15 is 0 Å². The number of carbonyl (C=O) groups excluding carboxylic acids is 1. The average molecular weight is 301 g/mol. The zero-order chi connectivity index (χ0) is 15.9. The fraction of sp³-hybridized carbons (Fsp3) is 0.312. The van der Waals surface area contributed by atoms with Gasteiger partial charge in [-0.15, -0.1) is 0 Å². The van der Waals surface area contributed by atoms with Gasteiger partial charge in [-0.1, -0.05) is 17.3 Å². The molecule has 22 heavy (non-hydrogen) atoms. The first kappa shape index (κ1) is 14.3. The molecule has 114 valence electrons. The second-order valence-electron chi connectivity index (χ2n) is 5.93. The Hall–Kier alpha value is -2.63. The minimum Gasteiger partial charge on any atom is -0.478 e. The summed E-state index contributed by atoms with van der Waals surface area (Å²) >= 11 is 0. The Morgan fingerprint density at radius 3 is 2.64 bits per heavy atom. The van der Waals surface area contributed by atoms with Crippen LogP contribution in [-0.2, 0) is 17.6 Å². The van der Waals surface area contributed by atoms with E-state index in [0.717, 1.165) is 5.56 Å². The molecular weight excluding hydrogens is 286 g/mol.